The van der Waals surface area contributed by atoms with Gasteiger partial charge in [0.05, 0.1) is 10.1 Å². The third-order valence-corrected chi connectivity index (χ3v) is 2.32. The fourth-order valence-corrected chi connectivity index (χ4v) is 1.35. The van der Waals surface area contributed by atoms with Crippen molar-refractivity contribution in [2.24, 2.45) is 0 Å². The molecule has 1 heterocycles. The first-order valence-corrected chi connectivity index (χ1v) is 5.99. The topological polar surface area (TPSA) is 81.3 Å². The molecule has 0 aromatic rings. The van der Waals surface area contributed by atoms with Crippen LogP contribution in [0.15, 0.2) is 0 Å². The van der Waals surface area contributed by atoms with E-state index < -0.39 is 10.1 Å². The van der Waals surface area contributed by atoms with Crippen LogP contribution in [0.25, 0.3) is 0 Å². The summed E-state index contributed by atoms with van der Waals surface area (Å²) in [6, 6.07) is 0. The van der Waals surface area contributed by atoms with Crippen LogP contribution in [0.5, 0.6) is 0 Å². The molecule has 0 amide bonds. The maximum absolute atomic E-state index is 9.68. The number of rotatable bonds is 2. The molecule has 0 saturated carbocycles. The van der Waals surface area contributed by atoms with E-state index in [1.807, 2.05) is 0 Å². The van der Waals surface area contributed by atoms with Crippen molar-refractivity contribution in [2.75, 3.05) is 31.9 Å². The molecule has 1 rings (SSSR count). The van der Waals surface area contributed by atoms with Gasteiger partial charge in [-0.25, -0.2) is 8.42 Å². The number of hydrogen-bond donors (Lipinski definition) is 2. The van der Waals surface area contributed by atoms with E-state index in [1.165, 1.54) is 0 Å². The van der Waals surface area contributed by atoms with E-state index in [-0.39, 0.29) is 35.3 Å². The Bertz CT molecular complexity index is 193. The number of nitrogens with one attached hydrogen (secondary N) is 2. The van der Waals surface area contributed by atoms with Crippen LogP contribution in [0.3, 0.4) is 0 Å². The minimum absolute atomic E-state index is 0. The van der Waals surface area contributed by atoms with Crippen molar-refractivity contribution in [1.82, 2.24) is 10.6 Å². The molecular formula is C7H17N2NaO3S. The number of piperazine rings is 1. The molecule has 7 heteroatoms. The third-order valence-electron chi connectivity index (χ3n) is 1.41. The van der Waals surface area contributed by atoms with Gasteiger partial charge in [0.25, 0.3) is 0 Å². The van der Waals surface area contributed by atoms with Gasteiger partial charge in [-0.15, -0.1) is 0 Å². The smallest absolute Gasteiger partial charge is 0.748 e. The summed E-state index contributed by atoms with van der Waals surface area (Å²) >= 11 is 0. The summed E-state index contributed by atoms with van der Waals surface area (Å²) in [6.45, 7) is 6.20. The SMILES string of the molecule is C1CNCCN1.CCCS(=O)(=O)[O-].[Na+]. The summed E-state index contributed by atoms with van der Waals surface area (Å²) < 4.78 is 29.0. The summed E-state index contributed by atoms with van der Waals surface area (Å²) in [5.41, 5.74) is 0. The van der Waals surface area contributed by atoms with Gasteiger partial charge < -0.3 is 15.2 Å². The van der Waals surface area contributed by atoms with E-state index in [0.29, 0.717) is 6.42 Å². The average Bonchev–Trinajstić information content (AvgIpc) is 2.06. The summed E-state index contributed by atoms with van der Waals surface area (Å²) in [5, 5.41) is 6.44. The Hall–Kier alpha value is 0.830. The van der Waals surface area contributed by atoms with E-state index in [9.17, 15) is 13.0 Å². The maximum Gasteiger partial charge on any atom is 1.00 e. The minimum atomic E-state index is -3.92. The van der Waals surface area contributed by atoms with E-state index in [4.69, 9.17) is 0 Å². The first-order chi connectivity index (χ1) is 6.06. The van der Waals surface area contributed by atoms with Gasteiger partial charge in [-0.2, -0.15) is 0 Å². The Morgan fingerprint density at radius 1 is 1.14 bits per heavy atom. The zero-order valence-electron chi connectivity index (χ0n) is 8.88. The van der Waals surface area contributed by atoms with Gasteiger partial charge in [-0.1, -0.05) is 6.92 Å². The average molecular weight is 232 g/mol. The van der Waals surface area contributed by atoms with Crippen LogP contribution in [0, 0.1) is 0 Å². The van der Waals surface area contributed by atoms with Gasteiger partial charge in [0.15, 0.2) is 0 Å². The molecule has 1 saturated heterocycles. The molecule has 14 heavy (non-hydrogen) atoms. The molecule has 0 unspecified atom stereocenters. The predicted octanol–water partition coefficient (Wildman–Crippen LogP) is -3.88. The second-order valence-electron chi connectivity index (χ2n) is 2.76. The van der Waals surface area contributed by atoms with Crippen LogP contribution in [0.4, 0.5) is 0 Å². The minimum Gasteiger partial charge on any atom is -0.748 e. The van der Waals surface area contributed by atoms with E-state index >= 15 is 0 Å². The van der Waals surface area contributed by atoms with E-state index in [2.05, 4.69) is 10.6 Å². The first kappa shape index (κ1) is 17.2. The molecule has 5 nitrogen and oxygen atoms in total. The summed E-state index contributed by atoms with van der Waals surface area (Å²) in [6.07, 6.45) is 0.409. The fraction of sp³-hybridized carbons (Fsp3) is 1.00. The quantitative estimate of drug-likeness (QED) is 0.376. The molecule has 0 bridgehead atoms. The molecule has 0 aliphatic carbocycles. The van der Waals surface area contributed by atoms with Crippen LogP contribution in [-0.2, 0) is 10.1 Å². The molecule has 0 atom stereocenters. The van der Waals surface area contributed by atoms with Crippen molar-refractivity contribution < 1.29 is 42.5 Å². The van der Waals surface area contributed by atoms with Crippen molar-refractivity contribution in [1.29, 1.82) is 0 Å². The largest absolute Gasteiger partial charge is 1.00 e. The van der Waals surface area contributed by atoms with Crippen LogP contribution in [0.2, 0.25) is 0 Å². The van der Waals surface area contributed by atoms with Crippen LogP contribution < -0.4 is 40.2 Å². The van der Waals surface area contributed by atoms with Crippen LogP contribution in [-0.4, -0.2) is 44.9 Å². The Morgan fingerprint density at radius 2 is 1.50 bits per heavy atom. The van der Waals surface area contributed by atoms with Crippen molar-refractivity contribution in [3.8, 4) is 0 Å². The summed E-state index contributed by atoms with van der Waals surface area (Å²) in [5.74, 6) is -0.243. The molecule has 1 aliphatic heterocycles. The summed E-state index contributed by atoms with van der Waals surface area (Å²) in [7, 11) is -3.92. The molecule has 2 N–H and O–H groups in total. The second kappa shape index (κ2) is 10.4. The van der Waals surface area contributed by atoms with Crippen LogP contribution in [0.1, 0.15) is 13.3 Å². The van der Waals surface area contributed by atoms with E-state index in [0.717, 1.165) is 26.2 Å². The van der Waals surface area contributed by atoms with Crippen molar-refractivity contribution in [3.63, 3.8) is 0 Å². The van der Waals surface area contributed by atoms with Gasteiger partial charge in [-0.05, 0) is 6.42 Å². The fourth-order valence-electron chi connectivity index (χ4n) is 0.854. The van der Waals surface area contributed by atoms with Gasteiger partial charge >= 0.3 is 29.6 Å². The molecule has 0 radical (unpaired) electrons. The zero-order valence-corrected chi connectivity index (χ0v) is 11.7. The molecular weight excluding hydrogens is 215 g/mol. The molecule has 0 aromatic carbocycles. The Balaban J connectivity index is 0. The standard InChI is InChI=1S/C4H10N2.C3H8O3S.Na/c1-2-6-4-3-5-1;1-2-3-7(4,5)6;/h5-6H,1-4H2;2-3H2,1H3,(H,4,5,6);/q;;+1/p-1. The summed E-state index contributed by atoms with van der Waals surface area (Å²) in [4.78, 5) is 0. The Kier molecular flexibility index (Phi) is 12.7. The zero-order chi connectivity index (χ0) is 10.2. The van der Waals surface area contributed by atoms with E-state index in [1.54, 1.807) is 6.92 Å². The predicted molar refractivity (Wildman–Crippen MR) is 50.6 cm³/mol. The monoisotopic (exact) mass is 232 g/mol. The number of hydrogen-bond acceptors (Lipinski definition) is 5. The first-order valence-electron chi connectivity index (χ1n) is 4.41. The molecule has 1 aliphatic rings. The normalized spacial score (nSPS) is 16.1. The van der Waals surface area contributed by atoms with Gasteiger partial charge in [0, 0.05) is 31.9 Å². The van der Waals surface area contributed by atoms with Gasteiger partial charge in [0.1, 0.15) is 0 Å². The Morgan fingerprint density at radius 3 is 1.57 bits per heavy atom. The van der Waals surface area contributed by atoms with Crippen LogP contribution >= 0.6 is 0 Å². The maximum atomic E-state index is 9.68. The van der Waals surface area contributed by atoms with Crippen molar-refractivity contribution in [3.05, 3.63) is 0 Å². The molecule has 80 valence electrons. The van der Waals surface area contributed by atoms with Crippen molar-refractivity contribution in [2.45, 2.75) is 13.3 Å². The Labute approximate surface area is 108 Å². The molecule has 0 spiro atoms. The molecule has 0 aromatic heterocycles. The second-order valence-corrected chi connectivity index (χ2v) is 4.29. The van der Waals surface area contributed by atoms with Gasteiger partial charge in [0.2, 0.25) is 0 Å². The third kappa shape index (κ3) is 15.3. The van der Waals surface area contributed by atoms with Crippen molar-refractivity contribution >= 4 is 10.1 Å². The van der Waals surface area contributed by atoms with Gasteiger partial charge in [-0.3, -0.25) is 0 Å². The molecule has 1 fully saturated rings.